The molecule has 4 bridgehead atoms. The van der Waals surface area contributed by atoms with Crippen molar-refractivity contribution in [2.24, 2.45) is 5.92 Å². The van der Waals surface area contributed by atoms with Gasteiger partial charge in [0, 0.05) is 32.0 Å². The van der Waals surface area contributed by atoms with Crippen LogP contribution in [0.5, 0.6) is 0 Å². The van der Waals surface area contributed by atoms with Crippen molar-refractivity contribution in [1.82, 2.24) is 30.1 Å². The highest BCUT2D eigenvalue weighted by Crippen LogP contribution is 2.39. The molecule has 2 aliphatic carbocycles. The molecule has 56 heavy (non-hydrogen) atoms. The number of hydrogen-bond acceptors (Lipinski definition) is 10. The van der Waals surface area contributed by atoms with Gasteiger partial charge in [0.1, 0.15) is 18.2 Å². The topological polar surface area (TPSA) is 184 Å². The molecule has 5 aliphatic heterocycles. The molecule has 1 aromatic carbocycles. The van der Waals surface area contributed by atoms with E-state index in [9.17, 15) is 32.4 Å². The highest BCUT2D eigenvalue weighted by molar-refractivity contribution is 7.90. The first-order chi connectivity index (χ1) is 27.0. The molecule has 5 amide bonds. The average Bonchev–Trinajstić information content (AvgIpc) is 3.52. The number of carbonyl (C=O) groups excluding carboxylic acids is 5. The minimum atomic E-state index is -4.39. The first-order valence-corrected chi connectivity index (χ1v) is 22.2. The lowest BCUT2D eigenvalue weighted by Crippen LogP contribution is -2.68. The molecule has 1 aromatic rings. The van der Waals surface area contributed by atoms with Crippen LogP contribution in [0.2, 0.25) is 0 Å². The summed E-state index contributed by atoms with van der Waals surface area (Å²) in [5, 5.41) is 4.59. The zero-order valence-electron chi connectivity index (χ0n) is 31.9. The van der Waals surface area contributed by atoms with Gasteiger partial charge in [0.15, 0.2) is 0 Å². The van der Waals surface area contributed by atoms with E-state index >= 15 is 0 Å². The third-order valence-corrected chi connectivity index (χ3v) is 14.7. The van der Waals surface area contributed by atoms with E-state index in [2.05, 4.69) is 32.4 Å². The predicted molar refractivity (Wildman–Crippen MR) is 203 cm³/mol. The molecule has 3 saturated heterocycles. The Morgan fingerprint density at radius 3 is 2.55 bits per heavy atom. The summed E-state index contributed by atoms with van der Waals surface area (Å²) in [6.45, 7) is 2.51. The van der Waals surface area contributed by atoms with Gasteiger partial charge in [0.25, 0.3) is 11.8 Å². The number of sulfonamides is 1. The van der Waals surface area contributed by atoms with Crippen molar-refractivity contribution in [3.8, 4) is 0 Å². The lowest BCUT2D eigenvalue weighted by molar-refractivity contribution is -0.153. The van der Waals surface area contributed by atoms with E-state index in [4.69, 9.17) is 9.47 Å². The maximum Gasteiger partial charge on any atom is 0.410 e. The molecule has 304 valence electrons. The van der Waals surface area contributed by atoms with Gasteiger partial charge in [0.2, 0.25) is 21.5 Å². The van der Waals surface area contributed by atoms with Crippen LogP contribution in [0.15, 0.2) is 36.4 Å². The maximum atomic E-state index is 14.8. The molecular formula is C40H54N6O9S. The van der Waals surface area contributed by atoms with Crippen LogP contribution in [0.1, 0.15) is 101 Å². The van der Waals surface area contributed by atoms with Crippen LogP contribution in [0.3, 0.4) is 0 Å². The molecule has 0 aromatic heterocycles. The molecule has 5 heterocycles. The highest BCUT2D eigenvalue weighted by atomic mass is 32.2. The van der Waals surface area contributed by atoms with Gasteiger partial charge in [-0.1, -0.05) is 55.7 Å². The molecule has 16 heteroatoms. The van der Waals surface area contributed by atoms with E-state index in [0.717, 1.165) is 61.2 Å². The Kier molecular flexibility index (Phi) is 11.0. The van der Waals surface area contributed by atoms with Gasteiger partial charge in [-0.3, -0.25) is 24.0 Å². The third-order valence-electron chi connectivity index (χ3n) is 13.0. The fourth-order valence-electron chi connectivity index (χ4n) is 9.72. The second-order valence-corrected chi connectivity index (χ2v) is 18.7. The normalized spacial score (nSPS) is 35.0. The summed E-state index contributed by atoms with van der Waals surface area (Å²) in [5.74, 6) is -2.74. The summed E-state index contributed by atoms with van der Waals surface area (Å²) in [6.07, 6.45) is 8.42. The zero-order chi connectivity index (χ0) is 39.0. The number of alkyl carbamates (subject to hydrolysis) is 1. The Bertz CT molecular complexity index is 1850. The molecule has 7 aliphatic rings. The van der Waals surface area contributed by atoms with Crippen molar-refractivity contribution >= 4 is 39.9 Å². The number of hydrogen-bond donors (Lipinski definition) is 3. The fourth-order valence-corrected chi connectivity index (χ4v) is 11.2. The van der Waals surface area contributed by atoms with E-state index < -0.39 is 75.4 Å². The van der Waals surface area contributed by atoms with Crippen LogP contribution >= 0.6 is 0 Å². The Morgan fingerprint density at radius 2 is 1.71 bits per heavy atom. The second kappa shape index (κ2) is 16.0. The van der Waals surface area contributed by atoms with E-state index in [0.29, 0.717) is 32.4 Å². The van der Waals surface area contributed by atoms with Crippen LogP contribution < -0.4 is 15.4 Å². The van der Waals surface area contributed by atoms with Crippen LogP contribution in [0, 0.1) is 5.92 Å². The van der Waals surface area contributed by atoms with Crippen molar-refractivity contribution in [3.63, 3.8) is 0 Å². The van der Waals surface area contributed by atoms with Crippen molar-refractivity contribution in [2.45, 2.75) is 131 Å². The van der Waals surface area contributed by atoms with E-state index in [1.54, 1.807) is 4.90 Å². The smallest absolute Gasteiger partial charge is 0.410 e. The van der Waals surface area contributed by atoms with Gasteiger partial charge in [0.05, 0.1) is 17.8 Å². The number of carbonyl (C=O) groups is 5. The van der Waals surface area contributed by atoms with Crippen LogP contribution in [0.4, 0.5) is 9.59 Å². The van der Waals surface area contributed by atoms with Crippen molar-refractivity contribution in [2.75, 3.05) is 32.7 Å². The first kappa shape index (κ1) is 38.7. The molecule has 0 radical (unpaired) electrons. The lowest BCUT2D eigenvalue weighted by atomic mass is 9.91. The van der Waals surface area contributed by atoms with Gasteiger partial charge in [-0.25, -0.2) is 18.0 Å². The Labute approximate surface area is 328 Å². The summed E-state index contributed by atoms with van der Waals surface area (Å²) in [7, 11) is -4.39. The van der Waals surface area contributed by atoms with Crippen molar-refractivity contribution in [3.05, 3.63) is 47.5 Å². The SMILES string of the molecule is O=C1NC2CCCCCC=CC3CC3NC(=O)C3(CC(OC(=O)N4CCc5ccccc5[C@H]4CN4CCCCC4)CN3C2=O)C(=O)NS(=O)(=O)C2CCC(C2)O1. The molecule has 7 unspecified atom stereocenters. The summed E-state index contributed by atoms with van der Waals surface area (Å²) < 4.78 is 41.7. The monoisotopic (exact) mass is 794 g/mol. The molecule has 5 fully saturated rings. The molecule has 8 rings (SSSR count). The number of amides is 5. The third kappa shape index (κ3) is 7.87. The van der Waals surface area contributed by atoms with E-state index in [1.165, 1.54) is 6.42 Å². The number of rotatable bonds is 3. The zero-order valence-corrected chi connectivity index (χ0v) is 32.7. The number of nitrogens with one attached hydrogen (secondary N) is 3. The van der Waals surface area contributed by atoms with Crippen LogP contribution in [-0.4, -0.2) is 121 Å². The predicted octanol–water partition coefficient (Wildman–Crippen LogP) is 3.05. The Hall–Kier alpha value is -4.18. The Balaban J connectivity index is 1.14. The number of allylic oxidation sites excluding steroid dienone is 1. The Morgan fingerprint density at radius 1 is 0.911 bits per heavy atom. The van der Waals surface area contributed by atoms with Crippen LogP contribution in [-0.2, 0) is 40.3 Å². The highest BCUT2D eigenvalue weighted by Gasteiger charge is 2.62. The average molecular weight is 795 g/mol. The van der Waals surface area contributed by atoms with E-state index in [-0.39, 0.29) is 50.2 Å². The summed E-state index contributed by atoms with van der Waals surface area (Å²) in [5.41, 5.74) is -0.194. The number of nitrogens with zero attached hydrogens (tertiary/aromatic N) is 3. The number of benzene rings is 1. The standard InChI is InChI=1S/C40H54N6O9S/c47-35-32-14-6-3-1-2-5-12-27-21-33(27)41-36(48)40(37(49)43-56(52,53)30-16-15-28(22-30)54-38(50)42-32)23-29(24-46(35)40)55-39(51)45-20-17-26-11-7-8-13-31(26)34(45)25-44-18-9-4-10-19-44/h5,7-8,11-13,27-30,32-34H,1-4,6,9-10,14-25H2,(H,41,48)(H,42,50)(H,43,49)/t27?,28?,29?,30?,32?,33?,34-,40?/m1/s1. The molecule has 2 saturated carbocycles. The lowest BCUT2D eigenvalue weighted by Gasteiger charge is -2.40. The molecular weight excluding hydrogens is 741 g/mol. The molecule has 0 spiro atoms. The van der Waals surface area contributed by atoms with Gasteiger partial charge in [-0.15, -0.1) is 0 Å². The van der Waals surface area contributed by atoms with Crippen LogP contribution in [0.25, 0.3) is 0 Å². The minimum Gasteiger partial charge on any atom is -0.446 e. The number of ether oxygens (including phenoxy) is 2. The second-order valence-electron chi connectivity index (χ2n) is 16.7. The van der Waals surface area contributed by atoms with Crippen molar-refractivity contribution in [1.29, 1.82) is 0 Å². The largest absolute Gasteiger partial charge is 0.446 e. The van der Waals surface area contributed by atoms with Gasteiger partial charge >= 0.3 is 12.2 Å². The molecule has 15 nitrogen and oxygen atoms in total. The summed E-state index contributed by atoms with van der Waals surface area (Å²) in [4.78, 5) is 77.0. The fraction of sp³-hybridized carbons (Fsp3) is 0.675. The number of piperidine rings is 1. The van der Waals surface area contributed by atoms with Gasteiger partial charge in [-0.05, 0) is 87.9 Å². The molecule has 8 atom stereocenters. The van der Waals surface area contributed by atoms with Gasteiger partial charge < -0.3 is 29.9 Å². The summed E-state index contributed by atoms with van der Waals surface area (Å²) >= 11 is 0. The number of fused-ring (bicyclic) bond motifs is 5. The number of likely N-dealkylation sites (tertiary alicyclic amines) is 1. The van der Waals surface area contributed by atoms with E-state index in [1.807, 2.05) is 24.3 Å². The van der Waals surface area contributed by atoms with Gasteiger partial charge in [-0.2, -0.15) is 0 Å². The maximum absolute atomic E-state index is 14.8. The van der Waals surface area contributed by atoms with Crippen molar-refractivity contribution < 1.29 is 41.9 Å². The first-order valence-electron chi connectivity index (χ1n) is 20.6. The molecule has 3 N–H and O–H groups in total. The minimum absolute atomic E-state index is 0.0274. The quantitative estimate of drug-likeness (QED) is 0.304. The summed E-state index contributed by atoms with van der Waals surface area (Å²) in [6, 6.07) is 6.26.